The number of hydrogen-bond donors (Lipinski definition) is 1. The van der Waals surface area contributed by atoms with Crippen LogP contribution in [-0.4, -0.2) is 34.2 Å². The van der Waals surface area contributed by atoms with Crippen molar-refractivity contribution in [3.8, 4) is 0 Å². The van der Waals surface area contributed by atoms with Gasteiger partial charge in [0.15, 0.2) is 0 Å². The van der Waals surface area contributed by atoms with Gasteiger partial charge in [0.25, 0.3) is 0 Å². The lowest BCUT2D eigenvalue weighted by Crippen LogP contribution is -2.37. The van der Waals surface area contributed by atoms with Crippen molar-refractivity contribution < 1.29 is 5.11 Å². The van der Waals surface area contributed by atoms with E-state index in [1.807, 2.05) is 25.1 Å². The van der Waals surface area contributed by atoms with Gasteiger partial charge in [-0.15, -0.1) is 0 Å². The highest BCUT2D eigenvalue weighted by Crippen LogP contribution is 2.24. The first-order chi connectivity index (χ1) is 7.66. The van der Waals surface area contributed by atoms with E-state index in [1.165, 1.54) is 0 Å². The zero-order chi connectivity index (χ0) is 11.5. The molecule has 0 unspecified atom stereocenters. The van der Waals surface area contributed by atoms with E-state index in [4.69, 9.17) is 0 Å². The summed E-state index contributed by atoms with van der Waals surface area (Å²) in [5.74, 6) is 0. The van der Waals surface area contributed by atoms with Crippen LogP contribution >= 0.6 is 0 Å². The quantitative estimate of drug-likeness (QED) is 0.843. The van der Waals surface area contributed by atoms with Gasteiger partial charge in [0.05, 0.1) is 11.8 Å². The molecule has 1 aromatic heterocycles. The van der Waals surface area contributed by atoms with Crippen molar-refractivity contribution in [2.24, 2.45) is 0 Å². The molecule has 0 radical (unpaired) electrons. The van der Waals surface area contributed by atoms with E-state index in [-0.39, 0.29) is 6.10 Å². The summed E-state index contributed by atoms with van der Waals surface area (Å²) in [4.78, 5) is 6.71. The van der Waals surface area contributed by atoms with Gasteiger partial charge in [-0.25, -0.2) is 0 Å². The average Bonchev–Trinajstić information content (AvgIpc) is 2.64. The van der Waals surface area contributed by atoms with Crippen LogP contribution in [0.15, 0.2) is 18.2 Å². The van der Waals surface area contributed by atoms with E-state index in [9.17, 15) is 5.11 Å². The van der Waals surface area contributed by atoms with E-state index in [0.29, 0.717) is 6.04 Å². The first kappa shape index (κ1) is 11.6. The number of hydrogen-bond acceptors (Lipinski definition) is 3. The van der Waals surface area contributed by atoms with Gasteiger partial charge < -0.3 is 5.11 Å². The zero-order valence-corrected chi connectivity index (χ0v) is 10.1. The molecular formula is C13H20N2O. The molecule has 0 amide bonds. The van der Waals surface area contributed by atoms with Crippen LogP contribution in [0.2, 0.25) is 0 Å². The Hall–Kier alpha value is -0.930. The molecular weight excluding hydrogens is 200 g/mol. The predicted molar refractivity (Wildman–Crippen MR) is 64.1 cm³/mol. The van der Waals surface area contributed by atoms with Gasteiger partial charge in [-0.3, -0.25) is 9.88 Å². The summed E-state index contributed by atoms with van der Waals surface area (Å²) in [5.41, 5.74) is 2.14. The Morgan fingerprint density at radius 3 is 2.88 bits per heavy atom. The fourth-order valence-corrected chi connectivity index (χ4v) is 2.50. The van der Waals surface area contributed by atoms with Crippen LogP contribution < -0.4 is 0 Å². The normalized spacial score (nSPS) is 25.2. The summed E-state index contributed by atoms with van der Waals surface area (Å²) in [6.45, 7) is 2.83. The fraction of sp³-hybridized carbons (Fsp3) is 0.615. The molecule has 1 fully saturated rings. The minimum absolute atomic E-state index is 0.158. The molecule has 0 aliphatic heterocycles. The minimum Gasteiger partial charge on any atom is -0.391 e. The highest BCUT2D eigenvalue weighted by molar-refractivity contribution is 5.10. The molecule has 3 nitrogen and oxygen atoms in total. The monoisotopic (exact) mass is 220 g/mol. The Labute approximate surface area is 97.1 Å². The van der Waals surface area contributed by atoms with Crippen LogP contribution in [-0.2, 0) is 6.54 Å². The van der Waals surface area contributed by atoms with Crippen LogP contribution in [0.5, 0.6) is 0 Å². The molecule has 16 heavy (non-hydrogen) atoms. The number of aromatic nitrogens is 1. The highest BCUT2D eigenvalue weighted by Gasteiger charge is 2.28. The summed E-state index contributed by atoms with van der Waals surface area (Å²) < 4.78 is 0. The molecule has 1 aliphatic rings. The molecule has 1 heterocycles. The number of likely N-dealkylation sites (N-methyl/N-ethyl adjacent to an activating group) is 1. The van der Waals surface area contributed by atoms with Crippen molar-refractivity contribution >= 4 is 0 Å². The average molecular weight is 220 g/mol. The highest BCUT2D eigenvalue weighted by atomic mass is 16.3. The van der Waals surface area contributed by atoms with Crippen LogP contribution in [0, 0.1) is 6.92 Å². The van der Waals surface area contributed by atoms with Gasteiger partial charge in [-0.2, -0.15) is 0 Å². The molecule has 0 aromatic carbocycles. The second-order valence-electron chi connectivity index (χ2n) is 4.75. The Kier molecular flexibility index (Phi) is 3.56. The Morgan fingerprint density at radius 2 is 2.25 bits per heavy atom. The number of aliphatic hydroxyl groups excluding tert-OH is 1. The Balaban J connectivity index is 1.99. The van der Waals surface area contributed by atoms with Gasteiger partial charge >= 0.3 is 0 Å². The largest absolute Gasteiger partial charge is 0.391 e. The SMILES string of the molecule is Cc1cccc(CN(C)[C@H]2CCC[C@@H]2O)n1. The summed E-state index contributed by atoms with van der Waals surface area (Å²) in [7, 11) is 2.07. The topological polar surface area (TPSA) is 36.4 Å². The van der Waals surface area contributed by atoms with Crippen molar-refractivity contribution in [1.82, 2.24) is 9.88 Å². The van der Waals surface area contributed by atoms with Crippen LogP contribution in [0.4, 0.5) is 0 Å². The van der Waals surface area contributed by atoms with Crippen LogP contribution in [0.3, 0.4) is 0 Å². The molecule has 1 aliphatic carbocycles. The van der Waals surface area contributed by atoms with Gasteiger partial charge in [-0.05, 0) is 45.4 Å². The molecule has 88 valence electrons. The predicted octanol–water partition coefficient (Wildman–Crippen LogP) is 1.74. The fourth-order valence-electron chi connectivity index (χ4n) is 2.50. The summed E-state index contributed by atoms with van der Waals surface area (Å²) >= 11 is 0. The molecule has 0 bridgehead atoms. The first-order valence-corrected chi connectivity index (χ1v) is 5.97. The van der Waals surface area contributed by atoms with Crippen molar-refractivity contribution in [3.05, 3.63) is 29.6 Å². The van der Waals surface area contributed by atoms with Gasteiger partial charge in [-0.1, -0.05) is 6.07 Å². The molecule has 1 N–H and O–H groups in total. The lowest BCUT2D eigenvalue weighted by molar-refractivity contribution is 0.0818. The smallest absolute Gasteiger partial charge is 0.0695 e. The van der Waals surface area contributed by atoms with Gasteiger partial charge in [0, 0.05) is 18.3 Å². The number of nitrogens with zero attached hydrogens (tertiary/aromatic N) is 2. The third kappa shape index (κ3) is 2.60. The molecule has 2 rings (SSSR count). The summed E-state index contributed by atoms with van der Waals surface area (Å²) in [6, 6.07) is 6.40. The Bertz CT molecular complexity index is 354. The van der Waals surface area contributed by atoms with Gasteiger partial charge in [0.2, 0.25) is 0 Å². The number of aryl methyl sites for hydroxylation is 1. The van der Waals surface area contributed by atoms with Crippen molar-refractivity contribution in [2.45, 2.75) is 44.9 Å². The third-order valence-electron chi connectivity index (χ3n) is 3.37. The number of aliphatic hydroxyl groups is 1. The number of pyridine rings is 1. The molecule has 1 aromatic rings. The first-order valence-electron chi connectivity index (χ1n) is 5.97. The summed E-state index contributed by atoms with van der Waals surface area (Å²) in [5, 5.41) is 9.83. The van der Waals surface area contributed by atoms with Crippen molar-refractivity contribution in [2.75, 3.05) is 7.05 Å². The lowest BCUT2D eigenvalue weighted by atomic mass is 10.2. The maximum atomic E-state index is 9.83. The molecule has 0 saturated heterocycles. The van der Waals surface area contributed by atoms with Crippen LogP contribution in [0.1, 0.15) is 30.7 Å². The van der Waals surface area contributed by atoms with Crippen LogP contribution in [0.25, 0.3) is 0 Å². The Morgan fingerprint density at radius 1 is 1.44 bits per heavy atom. The molecule has 2 atom stereocenters. The van der Waals surface area contributed by atoms with Crippen molar-refractivity contribution in [1.29, 1.82) is 0 Å². The van der Waals surface area contributed by atoms with E-state index in [1.54, 1.807) is 0 Å². The maximum Gasteiger partial charge on any atom is 0.0695 e. The van der Waals surface area contributed by atoms with Gasteiger partial charge in [0.1, 0.15) is 0 Å². The minimum atomic E-state index is -0.158. The van der Waals surface area contributed by atoms with Crippen molar-refractivity contribution in [3.63, 3.8) is 0 Å². The second-order valence-corrected chi connectivity index (χ2v) is 4.75. The molecule has 1 saturated carbocycles. The van der Waals surface area contributed by atoms with E-state index >= 15 is 0 Å². The van der Waals surface area contributed by atoms with E-state index in [2.05, 4.69) is 16.9 Å². The second kappa shape index (κ2) is 4.93. The molecule has 3 heteroatoms. The molecule has 0 spiro atoms. The van der Waals surface area contributed by atoms with E-state index in [0.717, 1.165) is 37.2 Å². The standard InChI is InChI=1S/C13H20N2O/c1-10-5-3-6-11(14-10)9-15(2)12-7-4-8-13(12)16/h3,5-6,12-13,16H,4,7-9H2,1-2H3/t12-,13-/m0/s1. The zero-order valence-electron chi connectivity index (χ0n) is 10.1. The lowest BCUT2D eigenvalue weighted by Gasteiger charge is -2.26. The van der Waals surface area contributed by atoms with E-state index < -0.39 is 0 Å². The maximum absolute atomic E-state index is 9.83. The number of rotatable bonds is 3. The third-order valence-corrected chi connectivity index (χ3v) is 3.37. The summed E-state index contributed by atoms with van der Waals surface area (Å²) in [6.07, 6.45) is 3.02.